The van der Waals surface area contributed by atoms with Crippen molar-refractivity contribution in [2.24, 2.45) is 0 Å². The third kappa shape index (κ3) is 1.19. The fourth-order valence-corrected chi connectivity index (χ4v) is 2.39. The number of aromatic amines is 1. The highest BCUT2D eigenvalue weighted by Gasteiger charge is 2.17. The zero-order chi connectivity index (χ0) is 12.0. The molecule has 4 heteroatoms. The summed E-state index contributed by atoms with van der Waals surface area (Å²) in [7, 11) is 0. The minimum Gasteiger partial charge on any atom is -0.334 e. The van der Waals surface area contributed by atoms with Crippen LogP contribution in [0, 0.1) is 11.3 Å². The van der Waals surface area contributed by atoms with Gasteiger partial charge in [-0.15, -0.1) is 0 Å². The van der Waals surface area contributed by atoms with E-state index in [-0.39, 0.29) is 1.43 Å². The van der Waals surface area contributed by atoms with Crippen molar-refractivity contribution in [1.29, 1.82) is 5.26 Å². The molecule has 0 fully saturated rings. The van der Waals surface area contributed by atoms with Gasteiger partial charge in [0.1, 0.15) is 11.6 Å². The van der Waals surface area contributed by atoms with Crippen LogP contribution in [0.25, 0.3) is 21.9 Å². The maximum atomic E-state index is 9.11. The number of H-pyrrole nitrogens is 1. The van der Waals surface area contributed by atoms with Crippen LogP contribution in [0.2, 0.25) is 0 Å². The third-order valence-corrected chi connectivity index (χ3v) is 3.04. The summed E-state index contributed by atoms with van der Waals surface area (Å²) < 4.78 is 2.16. The number of nitrogens with zero attached hydrogens (tertiary/aromatic N) is 3. The lowest BCUT2D eigenvalue weighted by Gasteiger charge is -2.10. The van der Waals surface area contributed by atoms with Crippen LogP contribution in [0.15, 0.2) is 24.3 Å². The van der Waals surface area contributed by atoms with E-state index >= 15 is 0 Å². The molecule has 2 heterocycles. The predicted molar refractivity (Wildman–Crippen MR) is 68.8 cm³/mol. The maximum Gasteiger partial charge on any atom is 0.186 e. The summed E-state index contributed by atoms with van der Waals surface area (Å²) in [5, 5.41) is 17.3. The first-order chi connectivity index (χ1) is 8.24. The van der Waals surface area contributed by atoms with Gasteiger partial charge in [0.15, 0.2) is 5.69 Å². The van der Waals surface area contributed by atoms with Gasteiger partial charge >= 0.3 is 0 Å². The van der Waals surface area contributed by atoms with Crippen molar-refractivity contribution in [1.82, 2.24) is 14.8 Å². The van der Waals surface area contributed by atoms with E-state index in [9.17, 15) is 0 Å². The van der Waals surface area contributed by atoms with Crippen LogP contribution in [0.1, 0.15) is 27.0 Å². The molecule has 0 aliphatic rings. The van der Waals surface area contributed by atoms with Crippen LogP contribution in [-0.4, -0.2) is 14.8 Å². The first-order valence-electron chi connectivity index (χ1n) is 5.61. The van der Waals surface area contributed by atoms with E-state index in [0.717, 1.165) is 21.9 Å². The predicted octanol–water partition coefficient (Wildman–Crippen LogP) is 3.22. The minimum atomic E-state index is 0. The van der Waals surface area contributed by atoms with E-state index in [2.05, 4.69) is 46.8 Å². The first kappa shape index (κ1) is 9.91. The van der Waals surface area contributed by atoms with Crippen LogP contribution in [0.4, 0.5) is 0 Å². The maximum absolute atomic E-state index is 9.11. The Morgan fingerprint density at radius 2 is 2.18 bits per heavy atom. The molecule has 86 valence electrons. The Hall–Kier alpha value is -2.28. The van der Waals surface area contributed by atoms with Gasteiger partial charge in [-0.2, -0.15) is 10.4 Å². The van der Waals surface area contributed by atoms with E-state index in [1.54, 1.807) is 0 Å². The van der Waals surface area contributed by atoms with Gasteiger partial charge < -0.3 is 4.57 Å². The molecule has 1 aromatic carbocycles. The van der Waals surface area contributed by atoms with Crippen molar-refractivity contribution < 1.29 is 1.43 Å². The molecule has 1 N–H and O–H groups in total. The van der Waals surface area contributed by atoms with Crippen molar-refractivity contribution in [3.05, 3.63) is 30.0 Å². The topological polar surface area (TPSA) is 57.4 Å². The van der Waals surface area contributed by atoms with E-state index in [1.807, 2.05) is 12.1 Å². The fraction of sp³-hybridized carbons (Fsp3) is 0.231. The largest absolute Gasteiger partial charge is 0.334 e. The molecule has 3 rings (SSSR count). The zero-order valence-corrected chi connectivity index (χ0v) is 9.73. The molecule has 0 atom stereocenters. The Balaban J connectivity index is 0.00000120. The van der Waals surface area contributed by atoms with Gasteiger partial charge in [-0.25, -0.2) is 0 Å². The van der Waals surface area contributed by atoms with E-state index in [4.69, 9.17) is 5.26 Å². The van der Waals surface area contributed by atoms with Gasteiger partial charge in [-0.05, 0) is 19.9 Å². The molecule has 2 aromatic heterocycles. The molecule has 0 amide bonds. The number of aromatic nitrogens is 3. The molecule has 0 aliphatic carbocycles. The number of rotatable bonds is 1. The van der Waals surface area contributed by atoms with E-state index < -0.39 is 0 Å². The highest BCUT2D eigenvalue weighted by molar-refractivity contribution is 6.07. The second-order valence-electron chi connectivity index (χ2n) is 4.39. The highest BCUT2D eigenvalue weighted by Crippen LogP contribution is 2.31. The Kier molecular flexibility index (Phi) is 1.96. The molecule has 0 saturated carbocycles. The Bertz CT molecular complexity index is 745. The lowest BCUT2D eigenvalue weighted by molar-refractivity contribution is 0.641. The summed E-state index contributed by atoms with van der Waals surface area (Å²) in [6.45, 7) is 4.22. The Morgan fingerprint density at radius 3 is 2.88 bits per heavy atom. The van der Waals surface area contributed by atoms with Crippen LogP contribution in [0.5, 0.6) is 0 Å². The standard InChI is InChI=1S/C13H12N4.H2/c1-8(2)17-11-6-4-3-5-9(11)12-13(17)10(7-14)15-16-12;/h3-6,8H,1-2H3,(H,15,16);1H. The van der Waals surface area contributed by atoms with Crippen molar-refractivity contribution in [2.45, 2.75) is 19.9 Å². The number of nitrogens with one attached hydrogen (secondary N) is 1. The Morgan fingerprint density at radius 1 is 1.41 bits per heavy atom. The minimum absolute atomic E-state index is 0. The molecule has 0 radical (unpaired) electrons. The van der Waals surface area contributed by atoms with Crippen LogP contribution < -0.4 is 0 Å². The average molecular weight is 226 g/mol. The zero-order valence-electron chi connectivity index (χ0n) is 9.73. The summed E-state index contributed by atoms with van der Waals surface area (Å²) in [6, 6.07) is 10.6. The van der Waals surface area contributed by atoms with Crippen molar-refractivity contribution >= 4 is 21.9 Å². The Labute approximate surface area is 99.9 Å². The summed E-state index contributed by atoms with van der Waals surface area (Å²) in [5.41, 5.74) is 3.46. The normalized spacial score (nSPS) is 11.4. The monoisotopic (exact) mass is 226 g/mol. The molecule has 0 aliphatic heterocycles. The second-order valence-corrected chi connectivity index (χ2v) is 4.39. The summed E-state index contributed by atoms with van der Waals surface area (Å²) in [5.74, 6) is 0. The SMILES string of the molecule is CC(C)n1c2ccccc2c2[nH]nc(C#N)c21.[HH]. The summed E-state index contributed by atoms with van der Waals surface area (Å²) >= 11 is 0. The van der Waals surface area contributed by atoms with Crippen molar-refractivity contribution in [3.63, 3.8) is 0 Å². The second kappa shape index (κ2) is 3.36. The molecule has 4 nitrogen and oxygen atoms in total. The van der Waals surface area contributed by atoms with Gasteiger partial charge in [0, 0.05) is 12.9 Å². The number of nitriles is 1. The van der Waals surface area contributed by atoms with Gasteiger partial charge in [0.2, 0.25) is 0 Å². The van der Waals surface area contributed by atoms with Gasteiger partial charge in [-0.3, -0.25) is 5.10 Å². The molecular weight excluding hydrogens is 212 g/mol. The highest BCUT2D eigenvalue weighted by atomic mass is 15.2. The van der Waals surface area contributed by atoms with Gasteiger partial charge in [-0.1, -0.05) is 18.2 Å². The van der Waals surface area contributed by atoms with Crippen LogP contribution in [-0.2, 0) is 0 Å². The molecule has 0 spiro atoms. The molecule has 0 unspecified atom stereocenters. The molecule has 3 aromatic rings. The summed E-state index contributed by atoms with van der Waals surface area (Å²) in [4.78, 5) is 0. The molecule has 17 heavy (non-hydrogen) atoms. The lowest BCUT2D eigenvalue weighted by atomic mass is 10.2. The van der Waals surface area contributed by atoms with Gasteiger partial charge in [0.05, 0.1) is 11.0 Å². The van der Waals surface area contributed by atoms with Crippen molar-refractivity contribution in [3.8, 4) is 6.07 Å². The number of fused-ring (bicyclic) bond motifs is 3. The third-order valence-electron chi connectivity index (χ3n) is 3.04. The number of benzene rings is 1. The quantitative estimate of drug-likeness (QED) is 0.692. The number of hydrogen-bond donors (Lipinski definition) is 1. The average Bonchev–Trinajstić information content (AvgIpc) is 2.85. The molecular formula is C13H14N4. The van der Waals surface area contributed by atoms with E-state index in [1.165, 1.54) is 0 Å². The van der Waals surface area contributed by atoms with Crippen molar-refractivity contribution in [2.75, 3.05) is 0 Å². The lowest BCUT2D eigenvalue weighted by Crippen LogP contribution is -2.00. The smallest absolute Gasteiger partial charge is 0.186 e. The fourth-order valence-electron chi connectivity index (χ4n) is 2.39. The molecule has 0 saturated heterocycles. The van der Waals surface area contributed by atoms with Gasteiger partial charge in [0.25, 0.3) is 0 Å². The van der Waals surface area contributed by atoms with E-state index in [0.29, 0.717) is 11.7 Å². The van der Waals surface area contributed by atoms with Crippen LogP contribution in [0.3, 0.4) is 0 Å². The molecule has 0 bridgehead atoms. The van der Waals surface area contributed by atoms with Crippen LogP contribution >= 0.6 is 0 Å². The number of hydrogen-bond acceptors (Lipinski definition) is 2. The number of para-hydroxylation sites is 1. The summed E-state index contributed by atoms with van der Waals surface area (Å²) in [6.07, 6.45) is 0. The first-order valence-corrected chi connectivity index (χ1v) is 5.61.